The largest absolute Gasteiger partial charge is 0.378 e. The van der Waals surface area contributed by atoms with Crippen molar-refractivity contribution in [2.24, 2.45) is 5.73 Å². The van der Waals surface area contributed by atoms with Crippen molar-refractivity contribution in [3.05, 3.63) is 125 Å². The number of ether oxygens (including phenoxy) is 1. The van der Waals surface area contributed by atoms with Crippen LogP contribution in [0.25, 0.3) is 32.9 Å². The lowest BCUT2D eigenvalue weighted by atomic mass is 9.96. The second-order valence-corrected chi connectivity index (χ2v) is 11.2. The number of nitrogens with two attached hydrogens (primary N) is 1. The molecule has 44 heavy (non-hydrogen) atoms. The topological polar surface area (TPSA) is 104 Å². The standard InChI is InChI=1S/C36H32N4O4/c1-22-32(23(2)44-38-22)27-19-29(35(37)41)33-28-14-13-26(36(42)39-15-17-43-18-16-39)20-30(28)40(31(33)21-27)34(24-9-5-3-6-10-24)25-11-7-4-8-12-25/h3-14,19-21,34H,15-18H2,1-2H3,(H2,37,41). The Hall–Kier alpha value is -5.21. The van der Waals surface area contributed by atoms with Gasteiger partial charge in [-0.05, 0) is 54.8 Å². The van der Waals surface area contributed by atoms with Gasteiger partial charge in [0, 0.05) is 40.6 Å². The summed E-state index contributed by atoms with van der Waals surface area (Å²) in [5, 5.41) is 5.75. The maximum atomic E-state index is 13.7. The quantitative estimate of drug-likeness (QED) is 0.248. The van der Waals surface area contributed by atoms with Gasteiger partial charge in [0.15, 0.2) is 0 Å². The zero-order chi connectivity index (χ0) is 30.4. The highest BCUT2D eigenvalue weighted by Crippen LogP contribution is 2.42. The van der Waals surface area contributed by atoms with Crippen molar-refractivity contribution in [1.82, 2.24) is 14.6 Å². The van der Waals surface area contributed by atoms with E-state index >= 15 is 0 Å². The van der Waals surface area contributed by atoms with Gasteiger partial charge in [0.1, 0.15) is 5.76 Å². The molecule has 0 atom stereocenters. The van der Waals surface area contributed by atoms with Crippen LogP contribution in [0.5, 0.6) is 0 Å². The van der Waals surface area contributed by atoms with Crippen molar-refractivity contribution in [3.63, 3.8) is 0 Å². The van der Waals surface area contributed by atoms with E-state index in [1.807, 2.05) is 79.4 Å². The number of hydrogen-bond donors (Lipinski definition) is 1. The molecule has 0 unspecified atom stereocenters. The Labute approximate surface area is 254 Å². The molecule has 6 aromatic rings. The maximum Gasteiger partial charge on any atom is 0.254 e. The molecule has 0 radical (unpaired) electrons. The highest BCUT2D eigenvalue weighted by molar-refractivity contribution is 6.20. The fourth-order valence-electron chi connectivity index (χ4n) is 6.53. The van der Waals surface area contributed by atoms with E-state index in [1.165, 1.54) is 0 Å². The number of rotatable bonds is 6. The minimum atomic E-state index is -0.535. The van der Waals surface area contributed by atoms with E-state index in [2.05, 4.69) is 40.1 Å². The SMILES string of the molecule is Cc1noc(C)c1-c1cc(C(N)=O)c2c3ccc(C(=O)N4CCOCC4)cc3n(C(c3ccccc3)c3ccccc3)c2c1. The number of morpholine rings is 1. The second kappa shape index (κ2) is 11.1. The number of fused-ring (bicyclic) bond motifs is 3. The highest BCUT2D eigenvalue weighted by Gasteiger charge is 2.27. The van der Waals surface area contributed by atoms with Crippen LogP contribution in [-0.2, 0) is 4.74 Å². The number of carbonyl (C=O) groups is 2. The summed E-state index contributed by atoms with van der Waals surface area (Å²) in [4.78, 5) is 28.7. The monoisotopic (exact) mass is 584 g/mol. The first-order valence-corrected chi connectivity index (χ1v) is 14.7. The normalized spacial score (nSPS) is 13.7. The number of hydrogen-bond acceptors (Lipinski definition) is 5. The van der Waals surface area contributed by atoms with E-state index in [-0.39, 0.29) is 11.9 Å². The van der Waals surface area contributed by atoms with Gasteiger partial charge in [-0.15, -0.1) is 0 Å². The average Bonchev–Trinajstić information content (AvgIpc) is 3.57. The van der Waals surface area contributed by atoms with Crippen molar-refractivity contribution in [3.8, 4) is 11.1 Å². The van der Waals surface area contributed by atoms with Crippen LogP contribution in [-0.4, -0.2) is 52.7 Å². The van der Waals surface area contributed by atoms with E-state index in [1.54, 1.807) is 0 Å². The first-order chi connectivity index (χ1) is 21.4. The van der Waals surface area contributed by atoms with Gasteiger partial charge in [-0.3, -0.25) is 9.59 Å². The number of primary amides is 1. The molecule has 1 fully saturated rings. The lowest BCUT2D eigenvalue weighted by Crippen LogP contribution is -2.40. The second-order valence-electron chi connectivity index (χ2n) is 11.2. The summed E-state index contributed by atoms with van der Waals surface area (Å²) in [6, 6.07) is 29.9. The van der Waals surface area contributed by atoms with E-state index < -0.39 is 5.91 Å². The molecule has 7 rings (SSSR count). The van der Waals surface area contributed by atoms with E-state index in [9.17, 15) is 9.59 Å². The van der Waals surface area contributed by atoms with Crippen LogP contribution in [0.1, 0.15) is 49.3 Å². The molecule has 4 aromatic carbocycles. The molecule has 1 saturated heterocycles. The van der Waals surface area contributed by atoms with Gasteiger partial charge < -0.3 is 24.5 Å². The summed E-state index contributed by atoms with van der Waals surface area (Å²) in [5.74, 6) is 0.0719. The molecule has 8 nitrogen and oxygen atoms in total. The van der Waals surface area contributed by atoms with Crippen molar-refractivity contribution in [2.45, 2.75) is 19.9 Å². The fraction of sp³-hybridized carbons (Fsp3) is 0.194. The third kappa shape index (κ3) is 4.64. The van der Waals surface area contributed by atoms with E-state index in [4.69, 9.17) is 15.0 Å². The van der Waals surface area contributed by atoms with Gasteiger partial charge in [0.2, 0.25) is 5.91 Å². The molecule has 220 valence electrons. The van der Waals surface area contributed by atoms with Gasteiger partial charge in [-0.2, -0.15) is 0 Å². The number of benzene rings is 4. The smallest absolute Gasteiger partial charge is 0.254 e. The Balaban J connectivity index is 1.60. The Kier molecular flexibility index (Phi) is 6.98. The fourth-order valence-corrected chi connectivity index (χ4v) is 6.53. The molecule has 3 heterocycles. The number of aromatic nitrogens is 2. The molecule has 0 bridgehead atoms. The third-order valence-corrected chi connectivity index (χ3v) is 8.53. The summed E-state index contributed by atoms with van der Waals surface area (Å²) in [6.45, 7) is 5.87. The summed E-state index contributed by atoms with van der Waals surface area (Å²) in [6.07, 6.45) is 0. The average molecular weight is 585 g/mol. The first-order valence-electron chi connectivity index (χ1n) is 14.7. The summed E-state index contributed by atoms with van der Waals surface area (Å²) < 4.78 is 13.2. The Morgan fingerprint density at radius 1 is 0.841 bits per heavy atom. The van der Waals surface area contributed by atoms with Crippen LogP contribution in [0.15, 0.2) is 95.5 Å². The van der Waals surface area contributed by atoms with Crippen LogP contribution in [0, 0.1) is 13.8 Å². The number of aryl methyl sites for hydroxylation is 2. The lowest BCUT2D eigenvalue weighted by molar-refractivity contribution is 0.0303. The Bertz CT molecular complexity index is 1960. The molecule has 1 aliphatic heterocycles. The van der Waals surface area contributed by atoms with Crippen molar-refractivity contribution >= 4 is 33.6 Å². The molecule has 2 aromatic heterocycles. The molecule has 2 amide bonds. The third-order valence-electron chi connectivity index (χ3n) is 8.53. The molecule has 8 heteroatoms. The van der Waals surface area contributed by atoms with Gasteiger partial charge in [-0.1, -0.05) is 71.9 Å². The van der Waals surface area contributed by atoms with Crippen molar-refractivity contribution in [2.75, 3.05) is 26.3 Å². The number of carbonyl (C=O) groups excluding carboxylic acids is 2. The van der Waals surface area contributed by atoms with E-state index in [0.717, 1.165) is 49.8 Å². The molecule has 2 N–H and O–H groups in total. The van der Waals surface area contributed by atoms with Crippen LogP contribution < -0.4 is 5.73 Å². The van der Waals surface area contributed by atoms with Gasteiger partial charge >= 0.3 is 0 Å². The van der Waals surface area contributed by atoms with Gasteiger partial charge in [0.25, 0.3) is 5.91 Å². The zero-order valence-corrected chi connectivity index (χ0v) is 24.6. The number of amides is 2. The Morgan fingerprint density at radius 2 is 1.50 bits per heavy atom. The predicted molar refractivity (Wildman–Crippen MR) is 170 cm³/mol. The summed E-state index contributed by atoms with van der Waals surface area (Å²) in [7, 11) is 0. The molecule has 0 spiro atoms. The molecular formula is C36H32N4O4. The van der Waals surface area contributed by atoms with Crippen LogP contribution in [0.3, 0.4) is 0 Å². The number of nitrogens with zero attached hydrogens (tertiary/aromatic N) is 3. The molecule has 1 aliphatic rings. The predicted octanol–water partition coefficient (Wildman–Crippen LogP) is 6.28. The van der Waals surface area contributed by atoms with Crippen molar-refractivity contribution < 1.29 is 18.8 Å². The van der Waals surface area contributed by atoms with E-state index in [0.29, 0.717) is 43.2 Å². The first kappa shape index (κ1) is 27.6. The van der Waals surface area contributed by atoms with Crippen LogP contribution >= 0.6 is 0 Å². The molecule has 0 saturated carbocycles. The molecular weight excluding hydrogens is 552 g/mol. The van der Waals surface area contributed by atoms with Gasteiger partial charge in [0.05, 0.1) is 36.0 Å². The summed E-state index contributed by atoms with van der Waals surface area (Å²) in [5.41, 5.74) is 13.2. The lowest BCUT2D eigenvalue weighted by Gasteiger charge is -2.27. The van der Waals surface area contributed by atoms with Gasteiger partial charge in [-0.25, -0.2) is 0 Å². The minimum Gasteiger partial charge on any atom is -0.378 e. The van der Waals surface area contributed by atoms with Crippen LogP contribution in [0.2, 0.25) is 0 Å². The highest BCUT2D eigenvalue weighted by atomic mass is 16.5. The molecule has 0 aliphatic carbocycles. The zero-order valence-electron chi connectivity index (χ0n) is 24.6. The van der Waals surface area contributed by atoms with Crippen molar-refractivity contribution in [1.29, 1.82) is 0 Å². The maximum absolute atomic E-state index is 13.7. The summed E-state index contributed by atoms with van der Waals surface area (Å²) >= 11 is 0. The minimum absolute atomic E-state index is 0.0467. The van der Waals surface area contributed by atoms with Crippen LogP contribution in [0.4, 0.5) is 0 Å². The Morgan fingerprint density at radius 3 is 2.09 bits per heavy atom.